The van der Waals surface area contributed by atoms with Crippen molar-refractivity contribution in [2.45, 2.75) is 50.0 Å². The number of ether oxygens (including phenoxy) is 1. The summed E-state index contributed by atoms with van der Waals surface area (Å²) in [5.74, 6) is -0.289. The third kappa shape index (κ3) is 3.23. The minimum absolute atomic E-state index is 0.0826. The minimum atomic E-state index is -1.09. The van der Waals surface area contributed by atoms with Gasteiger partial charge in [-0.25, -0.2) is 9.18 Å². The second-order valence-electron chi connectivity index (χ2n) is 8.41. The molecule has 2 unspecified atom stereocenters. The fourth-order valence-corrected chi connectivity index (χ4v) is 5.20. The van der Waals surface area contributed by atoms with Crippen LogP contribution in [-0.4, -0.2) is 28.2 Å². The number of nitrogens with zero attached hydrogens (tertiary/aromatic N) is 1. The molecule has 5 heteroatoms. The summed E-state index contributed by atoms with van der Waals surface area (Å²) < 4.78 is 19.8. The predicted molar refractivity (Wildman–Crippen MR) is 112 cm³/mol. The minimum Gasteiger partial charge on any atom is -0.445 e. The van der Waals surface area contributed by atoms with Crippen LogP contribution in [0.4, 0.5) is 9.18 Å². The molecular formula is C25H24FNO3. The number of hydrogen-bond donors (Lipinski definition) is 1. The molecule has 3 aromatic carbocycles. The number of amides is 1. The van der Waals surface area contributed by atoms with Gasteiger partial charge < -0.3 is 14.7 Å². The molecule has 1 amide bonds. The van der Waals surface area contributed by atoms with Crippen LogP contribution in [0.5, 0.6) is 0 Å². The van der Waals surface area contributed by atoms with E-state index in [2.05, 4.69) is 0 Å². The molecule has 0 aliphatic carbocycles. The van der Waals surface area contributed by atoms with Gasteiger partial charge in [0.25, 0.3) is 0 Å². The molecule has 2 aliphatic rings. The van der Waals surface area contributed by atoms with E-state index in [1.54, 1.807) is 18.2 Å². The van der Waals surface area contributed by atoms with Crippen molar-refractivity contribution in [3.8, 4) is 0 Å². The SMILES string of the molecule is O=C(OCc1ccccc1)N1C2CCC1CC(O)(c1ccc(F)c3ccccc13)C2. The lowest BCUT2D eigenvalue weighted by molar-refractivity contribution is -0.0527. The lowest BCUT2D eigenvalue weighted by atomic mass is 9.78. The van der Waals surface area contributed by atoms with E-state index >= 15 is 0 Å². The Bertz CT molecular complexity index is 1070. The van der Waals surface area contributed by atoms with Crippen molar-refractivity contribution in [1.29, 1.82) is 0 Å². The summed E-state index contributed by atoms with van der Waals surface area (Å²) in [6.45, 7) is 0.239. The molecule has 30 heavy (non-hydrogen) atoms. The predicted octanol–water partition coefficient (Wildman–Crippen LogP) is 5.13. The standard InChI is InChI=1S/C25H24FNO3/c26-23-13-12-22(20-8-4-5-9-21(20)23)25(29)14-18-10-11-19(15-25)27(18)24(28)30-16-17-6-2-1-3-7-17/h1-9,12-13,18-19,29H,10-11,14-16H2. The number of benzene rings is 3. The Hall–Kier alpha value is -2.92. The first-order valence-electron chi connectivity index (χ1n) is 10.4. The van der Waals surface area contributed by atoms with E-state index in [1.165, 1.54) is 6.07 Å². The number of rotatable bonds is 3. The highest BCUT2D eigenvalue weighted by molar-refractivity contribution is 5.87. The molecule has 4 nitrogen and oxygen atoms in total. The number of carbonyl (C=O) groups is 1. The smallest absolute Gasteiger partial charge is 0.410 e. The van der Waals surface area contributed by atoms with Gasteiger partial charge in [-0.05, 0) is 35.4 Å². The monoisotopic (exact) mass is 405 g/mol. The van der Waals surface area contributed by atoms with Gasteiger partial charge in [-0.3, -0.25) is 0 Å². The average Bonchev–Trinajstić information content (AvgIpc) is 3.05. The Morgan fingerprint density at radius 3 is 2.30 bits per heavy atom. The van der Waals surface area contributed by atoms with Gasteiger partial charge in [0.05, 0.1) is 5.60 Å². The lowest BCUT2D eigenvalue weighted by Gasteiger charge is -2.43. The van der Waals surface area contributed by atoms with E-state index in [0.717, 1.165) is 29.4 Å². The molecule has 2 saturated heterocycles. The summed E-state index contributed by atoms with van der Waals surface area (Å²) in [6.07, 6.45) is 2.22. The zero-order chi connectivity index (χ0) is 20.7. The molecule has 154 valence electrons. The third-order valence-corrected chi connectivity index (χ3v) is 6.55. The van der Waals surface area contributed by atoms with Gasteiger partial charge in [-0.2, -0.15) is 0 Å². The van der Waals surface area contributed by atoms with Gasteiger partial charge in [0, 0.05) is 30.3 Å². The molecular weight excluding hydrogens is 381 g/mol. The number of halogens is 1. The Balaban J connectivity index is 1.38. The maximum absolute atomic E-state index is 14.3. The van der Waals surface area contributed by atoms with Crippen molar-refractivity contribution in [3.63, 3.8) is 0 Å². The third-order valence-electron chi connectivity index (χ3n) is 6.55. The van der Waals surface area contributed by atoms with Gasteiger partial charge in [0.15, 0.2) is 0 Å². The first-order chi connectivity index (χ1) is 14.5. The molecule has 2 heterocycles. The van der Waals surface area contributed by atoms with E-state index in [4.69, 9.17) is 4.74 Å². The highest BCUT2D eigenvalue weighted by atomic mass is 19.1. The van der Waals surface area contributed by atoms with Crippen LogP contribution in [0.15, 0.2) is 66.7 Å². The van der Waals surface area contributed by atoms with E-state index in [1.807, 2.05) is 47.4 Å². The number of aliphatic hydroxyl groups is 1. The van der Waals surface area contributed by atoms with Crippen LogP contribution < -0.4 is 0 Å². The van der Waals surface area contributed by atoms with Gasteiger partial charge >= 0.3 is 6.09 Å². The Morgan fingerprint density at radius 2 is 1.60 bits per heavy atom. The highest BCUT2D eigenvalue weighted by Gasteiger charge is 2.51. The molecule has 1 N–H and O–H groups in total. The summed E-state index contributed by atoms with van der Waals surface area (Å²) in [5.41, 5.74) is 0.605. The van der Waals surface area contributed by atoms with Crippen molar-refractivity contribution in [2.75, 3.05) is 0 Å². The van der Waals surface area contributed by atoms with Crippen LogP contribution in [0, 0.1) is 5.82 Å². The normalized spacial score (nSPS) is 25.5. The number of hydrogen-bond acceptors (Lipinski definition) is 3. The summed E-state index contributed by atoms with van der Waals surface area (Å²) in [7, 11) is 0. The first-order valence-corrected chi connectivity index (χ1v) is 10.4. The van der Waals surface area contributed by atoms with Gasteiger partial charge in [0.1, 0.15) is 12.4 Å². The topological polar surface area (TPSA) is 49.8 Å². The van der Waals surface area contributed by atoms with Gasteiger partial charge in [-0.1, -0.05) is 60.7 Å². The van der Waals surface area contributed by atoms with Crippen LogP contribution in [0.2, 0.25) is 0 Å². The largest absolute Gasteiger partial charge is 0.445 e. The van der Waals surface area contributed by atoms with Crippen molar-refractivity contribution >= 4 is 16.9 Å². The van der Waals surface area contributed by atoms with Crippen molar-refractivity contribution < 1.29 is 19.0 Å². The average molecular weight is 405 g/mol. The molecule has 3 aromatic rings. The van der Waals surface area contributed by atoms with Gasteiger partial charge in [0.2, 0.25) is 0 Å². The summed E-state index contributed by atoms with van der Waals surface area (Å²) in [4.78, 5) is 14.6. The molecule has 2 atom stereocenters. The molecule has 0 saturated carbocycles. The zero-order valence-corrected chi connectivity index (χ0v) is 16.6. The van der Waals surface area contributed by atoms with E-state index in [0.29, 0.717) is 18.2 Å². The summed E-state index contributed by atoms with van der Waals surface area (Å²) in [6, 6.07) is 19.8. The number of carbonyl (C=O) groups excluding carboxylic acids is 1. The van der Waals surface area contributed by atoms with Crippen LogP contribution in [0.1, 0.15) is 36.8 Å². The molecule has 0 aromatic heterocycles. The van der Waals surface area contributed by atoms with E-state index < -0.39 is 5.60 Å². The van der Waals surface area contributed by atoms with E-state index in [-0.39, 0.29) is 30.6 Å². The molecule has 0 spiro atoms. The zero-order valence-electron chi connectivity index (χ0n) is 16.6. The lowest BCUT2D eigenvalue weighted by Crippen LogP contribution is -2.52. The Kier molecular flexibility index (Phi) is 4.70. The van der Waals surface area contributed by atoms with Crippen molar-refractivity contribution in [1.82, 2.24) is 4.90 Å². The second-order valence-corrected chi connectivity index (χ2v) is 8.41. The maximum Gasteiger partial charge on any atom is 0.410 e. The maximum atomic E-state index is 14.3. The molecule has 2 fully saturated rings. The Labute approximate surface area is 174 Å². The summed E-state index contributed by atoms with van der Waals surface area (Å²) >= 11 is 0. The highest BCUT2D eigenvalue weighted by Crippen LogP contribution is 2.47. The molecule has 5 rings (SSSR count). The van der Waals surface area contributed by atoms with Crippen molar-refractivity contribution in [2.24, 2.45) is 0 Å². The summed E-state index contributed by atoms with van der Waals surface area (Å²) in [5, 5.41) is 12.9. The van der Waals surface area contributed by atoms with E-state index in [9.17, 15) is 14.3 Å². The molecule has 2 aliphatic heterocycles. The van der Waals surface area contributed by atoms with Crippen LogP contribution in [-0.2, 0) is 16.9 Å². The van der Waals surface area contributed by atoms with Gasteiger partial charge in [-0.15, -0.1) is 0 Å². The second kappa shape index (κ2) is 7.40. The first kappa shape index (κ1) is 19.1. The van der Waals surface area contributed by atoms with Crippen molar-refractivity contribution in [3.05, 3.63) is 83.7 Å². The molecule has 0 radical (unpaired) electrons. The van der Waals surface area contributed by atoms with Crippen LogP contribution in [0.3, 0.4) is 0 Å². The van der Waals surface area contributed by atoms with Crippen LogP contribution >= 0.6 is 0 Å². The quantitative estimate of drug-likeness (QED) is 0.657. The molecule has 2 bridgehead atoms. The number of piperidine rings is 1. The Morgan fingerprint density at radius 1 is 0.967 bits per heavy atom. The van der Waals surface area contributed by atoms with Crippen LogP contribution in [0.25, 0.3) is 10.8 Å². The number of fused-ring (bicyclic) bond motifs is 3. The fraction of sp³-hybridized carbons (Fsp3) is 0.320. The fourth-order valence-electron chi connectivity index (χ4n) is 5.20.